The molecule has 0 aliphatic carbocycles. The van der Waals surface area contributed by atoms with E-state index in [4.69, 9.17) is 28.4 Å². The lowest BCUT2D eigenvalue weighted by Crippen LogP contribution is -2.76. The van der Waals surface area contributed by atoms with E-state index in [-0.39, 0.29) is 5.56 Å². The van der Waals surface area contributed by atoms with Crippen LogP contribution in [-0.4, -0.2) is 27.3 Å². The molecule has 0 spiro atoms. The standard InChI is InChI=1S/C27H22ClN5OSi/c1-4-18-6-5-7-19(12-18)22-14-26(34)33(3)24-15-31-25(13-23(22)24)35(29,27-16-30-17-32(27)2)21-10-8-20(28)9-11-21/h1,5-17H,29H2,2-3H3/t35-/m1/s1. The molecule has 3 aromatic heterocycles. The SMILES string of the molecule is C#Cc1cccc(-c2cc(=O)n(C)c3cnc([Si@](N)(c4ccc(Cl)cc4)c4cncn4C)cc23)c1. The first-order valence-corrected chi connectivity index (χ1v) is 13.4. The number of nitrogens with zero attached hydrogens (tertiary/aromatic N) is 4. The number of imidazole rings is 1. The summed E-state index contributed by atoms with van der Waals surface area (Å²) in [4.78, 5) is 21.9. The molecule has 0 aliphatic rings. The van der Waals surface area contributed by atoms with E-state index in [1.165, 1.54) is 0 Å². The summed E-state index contributed by atoms with van der Waals surface area (Å²) in [6, 6.07) is 18.8. The molecule has 2 N–H and O–H groups in total. The summed E-state index contributed by atoms with van der Waals surface area (Å²) in [5, 5.41) is 11.4. The molecule has 0 saturated heterocycles. The number of benzene rings is 2. The lowest BCUT2D eigenvalue weighted by Gasteiger charge is -2.27. The number of aromatic nitrogens is 4. The summed E-state index contributed by atoms with van der Waals surface area (Å²) in [6.07, 6.45) is 10.9. The number of fused-ring (bicyclic) bond motifs is 1. The molecule has 8 heteroatoms. The maximum atomic E-state index is 12.8. The van der Waals surface area contributed by atoms with Gasteiger partial charge in [-0.05, 0) is 46.6 Å². The zero-order chi connectivity index (χ0) is 24.7. The van der Waals surface area contributed by atoms with Crippen molar-refractivity contribution < 1.29 is 0 Å². The number of nitrogens with two attached hydrogens (primary N) is 1. The molecule has 0 saturated carbocycles. The second-order valence-electron chi connectivity index (χ2n) is 8.47. The van der Waals surface area contributed by atoms with Crippen molar-refractivity contribution in [1.82, 2.24) is 19.1 Å². The second-order valence-corrected chi connectivity index (χ2v) is 12.1. The van der Waals surface area contributed by atoms with Gasteiger partial charge in [0.25, 0.3) is 13.8 Å². The molecule has 0 fully saturated rings. The first-order chi connectivity index (χ1) is 16.8. The molecule has 0 unspecified atom stereocenters. The molecule has 5 aromatic rings. The van der Waals surface area contributed by atoms with E-state index in [1.54, 1.807) is 36.4 Å². The van der Waals surface area contributed by atoms with E-state index in [0.717, 1.165) is 37.9 Å². The third-order valence-electron chi connectivity index (χ3n) is 6.40. The summed E-state index contributed by atoms with van der Waals surface area (Å²) in [6.45, 7) is 0. The molecule has 1 atom stereocenters. The fraction of sp³-hybridized carbons (Fsp3) is 0.0741. The highest BCUT2D eigenvalue weighted by Crippen LogP contribution is 2.27. The van der Waals surface area contributed by atoms with E-state index < -0.39 is 8.24 Å². The number of aryl methyl sites for hydroxylation is 2. The molecule has 2 aromatic carbocycles. The molecule has 172 valence electrons. The Morgan fingerprint density at radius 2 is 1.83 bits per heavy atom. The lowest BCUT2D eigenvalue weighted by molar-refractivity contribution is 0.904. The van der Waals surface area contributed by atoms with Crippen molar-refractivity contribution in [3.63, 3.8) is 0 Å². The van der Waals surface area contributed by atoms with E-state index in [1.807, 2.05) is 66.2 Å². The normalized spacial score (nSPS) is 12.9. The van der Waals surface area contributed by atoms with Crippen LogP contribution in [0, 0.1) is 12.3 Å². The quantitative estimate of drug-likeness (QED) is 0.305. The van der Waals surface area contributed by atoms with Gasteiger partial charge in [0.1, 0.15) is 0 Å². The molecular weight excluding hydrogens is 474 g/mol. The zero-order valence-electron chi connectivity index (χ0n) is 19.2. The number of rotatable bonds is 4. The van der Waals surface area contributed by atoms with Crippen LogP contribution in [-0.2, 0) is 14.1 Å². The molecular formula is C27H22ClN5OSi. The predicted octanol–water partition coefficient (Wildman–Crippen LogP) is 1.89. The summed E-state index contributed by atoms with van der Waals surface area (Å²) in [5.74, 6) is 2.67. The Morgan fingerprint density at radius 3 is 2.51 bits per heavy atom. The van der Waals surface area contributed by atoms with Gasteiger partial charge in [-0.2, -0.15) is 0 Å². The number of terminal acetylenes is 1. The van der Waals surface area contributed by atoms with Crippen LogP contribution in [0.4, 0.5) is 0 Å². The number of halogens is 1. The Labute approximate surface area is 208 Å². The van der Waals surface area contributed by atoms with E-state index in [2.05, 4.69) is 10.9 Å². The summed E-state index contributed by atoms with van der Waals surface area (Å²) < 4.78 is 3.53. The average molecular weight is 496 g/mol. The van der Waals surface area contributed by atoms with Gasteiger partial charge in [-0.3, -0.25) is 9.78 Å². The molecule has 3 heterocycles. The fourth-order valence-electron chi connectivity index (χ4n) is 4.46. The van der Waals surface area contributed by atoms with Gasteiger partial charge in [0.2, 0.25) is 0 Å². The smallest absolute Gasteiger partial charge is 0.258 e. The van der Waals surface area contributed by atoms with Crippen LogP contribution in [0.3, 0.4) is 0 Å². The number of pyridine rings is 2. The lowest BCUT2D eigenvalue weighted by atomic mass is 10.0. The highest BCUT2D eigenvalue weighted by atomic mass is 35.5. The zero-order valence-corrected chi connectivity index (χ0v) is 21.0. The van der Waals surface area contributed by atoms with Gasteiger partial charge in [-0.25, -0.2) is 4.98 Å². The monoisotopic (exact) mass is 495 g/mol. The second kappa shape index (κ2) is 8.67. The van der Waals surface area contributed by atoms with Gasteiger partial charge in [-0.15, -0.1) is 6.42 Å². The minimum absolute atomic E-state index is 0.131. The van der Waals surface area contributed by atoms with Gasteiger partial charge < -0.3 is 14.5 Å². The van der Waals surface area contributed by atoms with E-state index in [0.29, 0.717) is 10.5 Å². The maximum Gasteiger partial charge on any atom is 0.258 e. The number of hydrogen-bond donors (Lipinski definition) is 1. The van der Waals surface area contributed by atoms with Crippen LogP contribution >= 0.6 is 11.6 Å². The minimum atomic E-state index is -3.07. The first-order valence-electron chi connectivity index (χ1n) is 10.9. The van der Waals surface area contributed by atoms with Crippen molar-refractivity contribution in [2.24, 2.45) is 19.5 Å². The van der Waals surface area contributed by atoms with Crippen LogP contribution in [0.1, 0.15) is 5.56 Å². The molecule has 5 rings (SSSR count). The van der Waals surface area contributed by atoms with Crippen LogP contribution < -0.4 is 26.8 Å². The average Bonchev–Trinajstić information content (AvgIpc) is 3.32. The largest absolute Gasteiger partial charge is 0.339 e. The highest BCUT2D eigenvalue weighted by molar-refractivity contribution is 7.08. The van der Waals surface area contributed by atoms with E-state index in [9.17, 15) is 4.79 Å². The van der Waals surface area contributed by atoms with Gasteiger partial charge in [-0.1, -0.05) is 41.8 Å². The predicted molar refractivity (Wildman–Crippen MR) is 144 cm³/mol. The topological polar surface area (TPSA) is 78.7 Å². The first kappa shape index (κ1) is 22.8. The maximum absolute atomic E-state index is 12.8. The Kier molecular flexibility index (Phi) is 5.65. The molecule has 35 heavy (non-hydrogen) atoms. The van der Waals surface area contributed by atoms with E-state index >= 15 is 0 Å². The third-order valence-corrected chi connectivity index (χ3v) is 10.3. The Balaban J connectivity index is 1.84. The van der Waals surface area contributed by atoms with Crippen LogP contribution in [0.2, 0.25) is 5.02 Å². The van der Waals surface area contributed by atoms with Gasteiger partial charge >= 0.3 is 0 Å². The summed E-state index contributed by atoms with van der Waals surface area (Å²) in [5.41, 5.74) is 2.95. The van der Waals surface area contributed by atoms with Crippen molar-refractivity contribution in [2.75, 3.05) is 0 Å². The third kappa shape index (κ3) is 3.78. The van der Waals surface area contributed by atoms with Crippen molar-refractivity contribution in [2.45, 2.75) is 0 Å². The van der Waals surface area contributed by atoms with Crippen molar-refractivity contribution in [1.29, 1.82) is 0 Å². The van der Waals surface area contributed by atoms with Gasteiger partial charge in [0.15, 0.2) is 0 Å². The van der Waals surface area contributed by atoms with Crippen LogP contribution in [0.25, 0.3) is 22.0 Å². The van der Waals surface area contributed by atoms with Gasteiger partial charge in [0, 0.05) is 47.6 Å². The van der Waals surface area contributed by atoms with Crippen molar-refractivity contribution in [3.8, 4) is 23.5 Å². The molecule has 6 nitrogen and oxygen atoms in total. The Hall–Kier alpha value is -3.96. The van der Waals surface area contributed by atoms with Crippen molar-refractivity contribution in [3.05, 3.63) is 100 Å². The van der Waals surface area contributed by atoms with Crippen molar-refractivity contribution >= 4 is 46.6 Å². The summed E-state index contributed by atoms with van der Waals surface area (Å²) in [7, 11) is 0.590. The Morgan fingerprint density at radius 1 is 1.06 bits per heavy atom. The van der Waals surface area contributed by atoms with Crippen LogP contribution in [0.5, 0.6) is 0 Å². The highest BCUT2D eigenvalue weighted by Gasteiger charge is 2.40. The molecule has 0 bridgehead atoms. The van der Waals surface area contributed by atoms with Crippen LogP contribution in [0.15, 0.2) is 84.2 Å². The minimum Gasteiger partial charge on any atom is -0.339 e. The van der Waals surface area contributed by atoms with Gasteiger partial charge in [0.05, 0.1) is 23.4 Å². The molecule has 0 aliphatic heterocycles. The molecule has 0 amide bonds. The molecule has 0 radical (unpaired) electrons. The Bertz CT molecular complexity index is 1680. The summed E-state index contributed by atoms with van der Waals surface area (Å²) >= 11 is 6.18. The fourth-order valence-corrected chi connectivity index (χ4v) is 7.66. The number of hydrogen-bond acceptors (Lipinski definition) is 4.